The van der Waals surface area contributed by atoms with Crippen LogP contribution in [0, 0.1) is 0 Å². The Morgan fingerprint density at radius 3 is 1.95 bits per heavy atom. The number of ether oxygens (including phenoxy) is 2. The summed E-state index contributed by atoms with van der Waals surface area (Å²) < 4.78 is 10.3. The monoisotopic (exact) mass is 303 g/mol. The Bertz CT molecular complexity index is 444. The first-order valence-corrected chi connectivity index (χ1v) is 6.74. The fourth-order valence-corrected chi connectivity index (χ4v) is 2.22. The van der Waals surface area contributed by atoms with Crippen molar-refractivity contribution < 1.29 is 33.8 Å². The Hall–Kier alpha value is -1.80. The molecule has 1 aromatic rings. The lowest BCUT2D eigenvalue weighted by molar-refractivity contribution is -0.880. The van der Waals surface area contributed by atoms with Crippen molar-refractivity contribution in [3.8, 4) is 11.5 Å². The van der Waals surface area contributed by atoms with E-state index in [1.54, 1.807) is 11.3 Å². The Morgan fingerprint density at radius 1 is 1.25 bits per heavy atom. The third-order valence-corrected chi connectivity index (χ3v) is 3.12. The number of hydrogen-bond donors (Lipinski definition) is 1. The maximum absolute atomic E-state index is 10.4. The molecular weight excluding hydrogens is 286 g/mol. The number of carbonyl (C=O) groups is 2. The van der Waals surface area contributed by atoms with Crippen molar-refractivity contribution >= 4 is 23.3 Å². The van der Waals surface area contributed by atoms with Gasteiger partial charge in [-0.1, -0.05) is 0 Å². The van der Waals surface area contributed by atoms with Crippen LogP contribution in [0.2, 0.25) is 0 Å². The van der Waals surface area contributed by atoms with Crippen molar-refractivity contribution in [3.63, 3.8) is 0 Å². The van der Waals surface area contributed by atoms with E-state index in [0.717, 1.165) is 11.5 Å². The van der Waals surface area contributed by atoms with E-state index in [4.69, 9.17) is 14.6 Å². The van der Waals surface area contributed by atoms with Gasteiger partial charge in [0.25, 0.3) is 0 Å². The molecule has 0 amide bonds. The molecule has 1 unspecified atom stereocenters. The van der Waals surface area contributed by atoms with E-state index in [2.05, 4.69) is 0 Å². The highest BCUT2D eigenvalue weighted by Gasteiger charge is 2.32. The fourth-order valence-electron chi connectivity index (χ4n) is 1.54. The maximum atomic E-state index is 10.4. The molecule has 1 atom stereocenters. The SMILES string of the molecule is C[N+](C)(C)C(C(=O)[O-])C(=O)O.c1scc2c1OCCO2. The van der Waals surface area contributed by atoms with Gasteiger partial charge in [0.05, 0.1) is 21.1 Å². The second-order valence-electron chi connectivity index (χ2n) is 4.97. The fraction of sp³-hybridized carbons (Fsp3) is 0.500. The summed E-state index contributed by atoms with van der Waals surface area (Å²) in [5, 5.41) is 22.6. The van der Waals surface area contributed by atoms with Crippen LogP contribution in [-0.2, 0) is 9.59 Å². The number of fused-ring (bicyclic) bond motifs is 1. The Morgan fingerprint density at radius 2 is 1.70 bits per heavy atom. The molecule has 0 aliphatic carbocycles. The molecule has 2 heterocycles. The molecule has 2 rings (SSSR count). The van der Waals surface area contributed by atoms with Crippen LogP contribution in [0.3, 0.4) is 0 Å². The number of quaternary nitrogens is 1. The number of aliphatic carboxylic acids is 2. The van der Waals surface area contributed by atoms with Crippen molar-refractivity contribution in [1.82, 2.24) is 0 Å². The molecule has 1 aromatic heterocycles. The lowest BCUT2D eigenvalue weighted by Gasteiger charge is -2.31. The summed E-state index contributed by atoms with van der Waals surface area (Å²) in [6, 6.07) is -1.50. The van der Waals surface area contributed by atoms with Gasteiger partial charge in [-0.05, 0) is 0 Å². The van der Waals surface area contributed by atoms with Gasteiger partial charge in [0.1, 0.15) is 19.2 Å². The standard InChI is InChI=1S/C6H11NO4.C6H6O2S/c1-7(2,3)4(5(8)9)6(10)11;1-2-8-6-4-9-3-5(6)7-1/h4H,1-3H3,(H-,8,9,10,11);3-4H,1-2H2. The number of carboxylic acid groups (broad SMARTS) is 2. The summed E-state index contributed by atoms with van der Waals surface area (Å²) >= 11 is 1.61. The van der Waals surface area contributed by atoms with E-state index in [0.29, 0.717) is 13.2 Å². The zero-order chi connectivity index (χ0) is 15.3. The first-order chi connectivity index (χ1) is 9.23. The predicted octanol–water partition coefficient (Wildman–Crippen LogP) is -0.585. The van der Waals surface area contributed by atoms with Gasteiger partial charge in [-0.25, -0.2) is 4.79 Å². The van der Waals surface area contributed by atoms with Gasteiger partial charge in [0.15, 0.2) is 11.5 Å². The van der Waals surface area contributed by atoms with Crippen molar-refractivity contribution in [2.75, 3.05) is 34.4 Å². The predicted molar refractivity (Wildman–Crippen MR) is 69.8 cm³/mol. The van der Waals surface area contributed by atoms with Gasteiger partial charge in [-0.3, -0.25) is 0 Å². The lowest BCUT2D eigenvalue weighted by Crippen LogP contribution is -2.58. The molecule has 1 N–H and O–H groups in total. The zero-order valence-corrected chi connectivity index (χ0v) is 12.3. The Labute approximate surface area is 120 Å². The Balaban J connectivity index is 0.000000202. The lowest BCUT2D eigenvalue weighted by atomic mass is 10.2. The molecule has 0 aromatic carbocycles. The second kappa shape index (κ2) is 6.58. The maximum Gasteiger partial charge on any atom is 0.368 e. The minimum atomic E-state index is -1.56. The molecule has 0 fully saturated rings. The Kier molecular flexibility index (Phi) is 5.34. The highest BCUT2D eigenvalue weighted by molar-refractivity contribution is 7.08. The molecular formula is C12H17NO6S. The number of nitrogens with zero attached hydrogens (tertiary/aromatic N) is 1. The van der Waals surface area contributed by atoms with E-state index in [1.807, 2.05) is 10.8 Å². The summed E-state index contributed by atoms with van der Waals surface area (Å²) in [4.78, 5) is 20.6. The van der Waals surface area contributed by atoms with E-state index in [-0.39, 0.29) is 4.48 Å². The van der Waals surface area contributed by atoms with Gasteiger partial charge in [-0.15, -0.1) is 11.3 Å². The molecule has 7 nitrogen and oxygen atoms in total. The van der Waals surface area contributed by atoms with Gasteiger partial charge in [-0.2, -0.15) is 0 Å². The number of likely N-dealkylation sites (N-methyl/N-ethyl adjacent to an activating group) is 1. The average molecular weight is 303 g/mol. The molecule has 0 saturated carbocycles. The largest absolute Gasteiger partial charge is 0.543 e. The van der Waals surface area contributed by atoms with Crippen molar-refractivity contribution in [3.05, 3.63) is 10.8 Å². The molecule has 0 bridgehead atoms. The van der Waals surface area contributed by atoms with Crippen LogP contribution in [0.1, 0.15) is 0 Å². The highest BCUT2D eigenvalue weighted by atomic mass is 32.1. The van der Waals surface area contributed by atoms with Crippen molar-refractivity contribution in [2.45, 2.75) is 6.04 Å². The van der Waals surface area contributed by atoms with Crippen molar-refractivity contribution in [1.29, 1.82) is 0 Å². The summed E-state index contributed by atoms with van der Waals surface area (Å²) in [5.41, 5.74) is 0. The molecule has 1 aliphatic heterocycles. The summed E-state index contributed by atoms with van der Waals surface area (Å²) in [7, 11) is 4.44. The molecule has 20 heavy (non-hydrogen) atoms. The number of rotatable bonds is 3. The number of carbonyl (C=O) groups excluding carboxylic acids is 1. The molecule has 1 aliphatic rings. The van der Waals surface area contributed by atoms with Gasteiger partial charge < -0.3 is 29.0 Å². The number of carboxylic acids is 2. The molecule has 8 heteroatoms. The first kappa shape index (κ1) is 16.3. The normalized spacial score (nSPS) is 14.8. The topological polar surface area (TPSA) is 95.9 Å². The van der Waals surface area contributed by atoms with Crippen LogP contribution in [0.15, 0.2) is 10.8 Å². The van der Waals surface area contributed by atoms with E-state index < -0.39 is 18.0 Å². The molecule has 0 radical (unpaired) electrons. The van der Waals surface area contributed by atoms with Crippen LogP contribution in [0.4, 0.5) is 0 Å². The quantitative estimate of drug-likeness (QED) is 0.592. The van der Waals surface area contributed by atoms with E-state index in [9.17, 15) is 14.7 Å². The van der Waals surface area contributed by atoms with Crippen LogP contribution >= 0.6 is 11.3 Å². The number of thiophene rings is 1. The smallest absolute Gasteiger partial charge is 0.368 e. The van der Waals surface area contributed by atoms with Gasteiger partial charge >= 0.3 is 5.97 Å². The molecule has 0 saturated heterocycles. The van der Waals surface area contributed by atoms with Crippen LogP contribution in [0.25, 0.3) is 0 Å². The minimum absolute atomic E-state index is 0.183. The van der Waals surface area contributed by atoms with E-state index in [1.165, 1.54) is 21.1 Å². The molecule has 0 spiro atoms. The zero-order valence-electron chi connectivity index (χ0n) is 11.5. The third kappa shape index (κ3) is 4.39. The third-order valence-electron chi connectivity index (χ3n) is 2.42. The highest BCUT2D eigenvalue weighted by Crippen LogP contribution is 2.33. The van der Waals surface area contributed by atoms with Gasteiger partial charge in [0.2, 0.25) is 6.04 Å². The summed E-state index contributed by atoms with van der Waals surface area (Å²) in [5.74, 6) is -1.15. The number of hydrogen-bond acceptors (Lipinski definition) is 6. The summed E-state index contributed by atoms with van der Waals surface area (Å²) in [6.45, 7) is 1.37. The second-order valence-corrected chi connectivity index (χ2v) is 5.72. The molecule has 112 valence electrons. The van der Waals surface area contributed by atoms with Crippen molar-refractivity contribution in [2.24, 2.45) is 0 Å². The van der Waals surface area contributed by atoms with Crippen LogP contribution in [0.5, 0.6) is 11.5 Å². The van der Waals surface area contributed by atoms with Crippen LogP contribution < -0.4 is 14.6 Å². The average Bonchev–Trinajstić information content (AvgIpc) is 2.73. The first-order valence-electron chi connectivity index (χ1n) is 5.80. The van der Waals surface area contributed by atoms with Gasteiger partial charge in [0, 0.05) is 10.8 Å². The summed E-state index contributed by atoms with van der Waals surface area (Å²) in [6.07, 6.45) is 0. The van der Waals surface area contributed by atoms with E-state index >= 15 is 0 Å². The minimum Gasteiger partial charge on any atom is -0.543 e. The van der Waals surface area contributed by atoms with Crippen LogP contribution in [-0.4, -0.2) is 61.9 Å².